The number of aliphatic imine (C=N–C) groups is 1. The van der Waals surface area contributed by atoms with Crippen LogP contribution in [0.1, 0.15) is 29.3 Å². The molecule has 2 aromatic carbocycles. The standard InChI is InChI=1S/C13H17NO4.C8H8O3/c1-3-18-13(16)6-7-14-9-10-4-5-11(15)12(8-10)17-2;1-11-8-4-6(5-9)2-3-7(8)10/h4-5,8-9,15H,3,6-7H2,1-2H3;2-5,10H,1H3. The van der Waals surface area contributed by atoms with Crippen molar-refractivity contribution in [3.63, 3.8) is 0 Å². The van der Waals surface area contributed by atoms with E-state index in [0.717, 1.165) is 5.56 Å². The summed E-state index contributed by atoms with van der Waals surface area (Å²) >= 11 is 0. The minimum absolute atomic E-state index is 0.0399. The van der Waals surface area contributed by atoms with Crippen LogP contribution in [0.2, 0.25) is 0 Å². The number of aromatic hydroxyl groups is 2. The summed E-state index contributed by atoms with van der Waals surface area (Å²) in [6.45, 7) is 2.53. The number of nitrogens with zero attached hydrogens (tertiary/aromatic N) is 1. The quantitative estimate of drug-likeness (QED) is 0.395. The summed E-state index contributed by atoms with van der Waals surface area (Å²) in [5.41, 5.74) is 1.29. The summed E-state index contributed by atoms with van der Waals surface area (Å²) in [5, 5.41) is 18.5. The van der Waals surface area contributed by atoms with Crippen LogP contribution >= 0.6 is 0 Å². The third-order valence-corrected chi connectivity index (χ3v) is 3.53. The number of ether oxygens (including phenoxy) is 3. The third-order valence-electron chi connectivity index (χ3n) is 3.53. The van der Waals surface area contributed by atoms with Crippen molar-refractivity contribution in [3.8, 4) is 23.0 Å². The smallest absolute Gasteiger partial charge is 0.307 e. The second kappa shape index (κ2) is 12.8. The molecule has 8 nitrogen and oxygen atoms in total. The second-order valence-electron chi connectivity index (χ2n) is 5.57. The van der Waals surface area contributed by atoms with Crippen LogP contribution in [0.3, 0.4) is 0 Å². The molecule has 29 heavy (non-hydrogen) atoms. The van der Waals surface area contributed by atoms with E-state index in [1.807, 2.05) is 0 Å². The van der Waals surface area contributed by atoms with E-state index in [0.29, 0.717) is 36.5 Å². The monoisotopic (exact) mass is 403 g/mol. The molecule has 0 aliphatic carbocycles. The van der Waals surface area contributed by atoms with Crippen LogP contribution in [0.5, 0.6) is 23.0 Å². The lowest BCUT2D eigenvalue weighted by Gasteiger charge is -2.03. The summed E-state index contributed by atoms with van der Waals surface area (Å²) in [7, 11) is 2.92. The van der Waals surface area contributed by atoms with Gasteiger partial charge in [-0.25, -0.2) is 0 Å². The molecule has 0 saturated heterocycles. The molecule has 0 aliphatic rings. The van der Waals surface area contributed by atoms with E-state index >= 15 is 0 Å². The molecule has 2 rings (SSSR count). The number of phenolic OH excluding ortho intramolecular Hbond substituents is 2. The van der Waals surface area contributed by atoms with Crippen LogP contribution in [0.25, 0.3) is 0 Å². The zero-order valence-electron chi connectivity index (χ0n) is 16.6. The van der Waals surface area contributed by atoms with Crippen LogP contribution in [0.15, 0.2) is 41.4 Å². The highest BCUT2D eigenvalue weighted by atomic mass is 16.5. The van der Waals surface area contributed by atoms with Crippen molar-refractivity contribution in [2.75, 3.05) is 27.4 Å². The fraction of sp³-hybridized carbons (Fsp3) is 0.286. The first kappa shape index (κ1) is 23.5. The van der Waals surface area contributed by atoms with Gasteiger partial charge in [0, 0.05) is 18.3 Å². The summed E-state index contributed by atoms with van der Waals surface area (Å²) in [5.74, 6) is 0.580. The third kappa shape index (κ3) is 8.34. The molecule has 0 aromatic heterocycles. The molecule has 0 spiro atoms. The first-order chi connectivity index (χ1) is 13.9. The number of esters is 1. The lowest BCUT2D eigenvalue weighted by molar-refractivity contribution is -0.142. The average Bonchev–Trinajstić information content (AvgIpc) is 2.73. The number of carbonyl (C=O) groups is 2. The zero-order valence-corrected chi connectivity index (χ0v) is 16.6. The minimum atomic E-state index is -0.252. The molecule has 0 fully saturated rings. The molecule has 0 heterocycles. The second-order valence-corrected chi connectivity index (χ2v) is 5.57. The number of benzene rings is 2. The molecule has 0 aliphatic heterocycles. The van der Waals surface area contributed by atoms with Gasteiger partial charge in [0.25, 0.3) is 0 Å². The molecular weight excluding hydrogens is 378 g/mol. The first-order valence-corrected chi connectivity index (χ1v) is 8.79. The van der Waals surface area contributed by atoms with Gasteiger partial charge in [-0.05, 0) is 48.9 Å². The van der Waals surface area contributed by atoms with Gasteiger partial charge in [0.15, 0.2) is 23.0 Å². The van der Waals surface area contributed by atoms with Gasteiger partial charge in [0.05, 0.1) is 27.2 Å². The maximum atomic E-state index is 11.1. The molecule has 2 aromatic rings. The van der Waals surface area contributed by atoms with E-state index in [4.69, 9.17) is 19.3 Å². The van der Waals surface area contributed by atoms with Crippen molar-refractivity contribution < 1.29 is 34.0 Å². The molecule has 156 valence electrons. The Morgan fingerprint density at radius 2 is 1.55 bits per heavy atom. The van der Waals surface area contributed by atoms with Crippen LogP contribution in [0.4, 0.5) is 0 Å². The van der Waals surface area contributed by atoms with Crippen molar-refractivity contribution in [2.45, 2.75) is 13.3 Å². The zero-order chi connectivity index (χ0) is 21.6. The van der Waals surface area contributed by atoms with Gasteiger partial charge >= 0.3 is 5.97 Å². The largest absolute Gasteiger partial charge is 0.504 e. The molecule has 0 amide bonds. The lowest BCUT2D eigenvalue weighted by Crippen LogP contribution is -2.05. The fourth-order valence-electron chi connectivity index (χ4n) is 2.10. The minimum Gasteiger partial charge on any atom is -0.504 e. The summed E-state index contributed by atoms with van der Waals surface area (Å²) in [6.07, 6.45) is 2.59. The Kier molecular flexibility index (Phi) is 10.3. The highest BCUT2D eigenvalue weighted by molar-refractivity contribution is 5.81. The van der Waals surface area contributed by atoms with Crippen LogP contribution < -0.4 is 9.47 Å². The molecule has 0 saturated carbocycles. The van der Waals surface area contributed by atoms with E-state index < -0.39 is 0 Å². The van der Waals surface area contributed by atoms with Crippen molar-refractivity contribution in [2.24, 2.45) is 4.99 Å². The summed E-state index contributed by atoms with van der Waals surface area (Å²) in [4.78, 5) is 25.4. The van der Waals surface area contributed by atoms with Gasteiger partial charge in [-0.3, -0.25) is 14.6 Å². The normalized spacial score (nSPS) is 10.0. The van der Waals surface area contributed by atoms with E-state index in [1.54, 1.807) is 25.3 Å². The molecule has 0 atom stereocenters. The Hall–Kier alpha value is -3.55. The molecule has 8 heteroatoms. The Bertz CT molecular complexity index is 834. The lowest BCUT2D eigenvalue weighted by atomic mass is 10.2. The highest BCUT2D eigenvalue weighted by Crippen LogP contribution is 2.26. The number of carbonyl (C=O) groups excluding carboxylic acids is 2. The Morgan fingerprint density at radius 3 is 2.07 bits per heavy atom. The first-order valence-electron chi connectivity index (χ1n) is 8.79. The number of methoxy groups -OCH3 is 2. The Morgan fingerprint density at radius 1 is 1.00 bits per heavy atom. The van der Waals surface area contributed by atoms with Crippen molar-refractivity contribution in [3.05, 3.63) is 47.5 Å². The number of hydrogen-bond acceptors (Lipinski definition) is 8. The average molecular weight is 403 g/mol. The van der Waals surface area contributed by atoms with Crippen LogP contribution in [-0.2, 0) is 9.53 Å². The maximum absolute atomic E-state index is 11.1. The van der Waals surface area contributed by atoms with Crippen molar-refractivity contribution >= 4 is 18.5 Å². The topological polar surface area (TPSA) is 115 Å². The van der Waals surface area contributed by atoms with Gasteiger partial charge in [0.1, 0.15) is 6.29 Å². The number of phenols is 2. The Balaban J connectivity index is 0.000000326. The number of aldehydes is 1. The molecule has 2 N–H and O–H groups in total. The van der Waals surface area contributed by atoms with Crippen molar-refractivity contribution in [1.29, 1.82) is 0 Å². The van der Waals surface area contributed by atoms with Gasteiger partial charge in [0.2, 0.25) is 0 Å². The van der Waals surface area contributed by atoms with E-state index in [-0.39, 0.29) is 23.9 Å². The van der Waals surface area contributed by atoms with Gasteiger partial charge < -0.3 is 24.4 Å². The molecule has 0 radical (unpaired) electrons. The molecule has 0 unspecified atom stereocenters. The van der Waals surface area contributed by atoms with E-state index in [2.05, 4.69) is 4.99 Å². The predicted molar refractivity (Wildman–Crippen MR) is 108 cm³/mol. The predicted octanol–water partition coefficient (Wildman–Crippen LogP) is 2.99. The van der Waals surface area contributed by atoms with Gasteiger partial charge in [-0.15, -0.1) is 0 Å². The molecule has 0 bridgehead atoms. The van der Waals surface area contributed by atoms with Gasteiger partial charge in [-0.2, -0.15) is 0 Å². The van der Waals surface area contributed by atoms with Crippen LogP contribution in [-0.4, -0.2) is 56.1 Å². The maximum Gasteiger partial charge on any atom is 0.307 e. The Labute approximate surface area is 169 Å². The highest BCUT2D eigenvalue weighted by Gasteiger charge is 2.02. The van der Waals surface area contributed by atoms with E-state index in [9.17, 15) is 14.7 Å². The van der Waals surface area contributed by atoms with Crippen LogP contribution in [0, 0.1) is 0 Å². The number of rotatable bonds is 8. The SMILES string of the molecule is CCOC(=O)CCN=Cc1ccc(O)c(OC)c1.COc1cc(C=O)ccc1O. The summed E-state index contributed by atoms with van der Waals surface area (Å²) in [6, 6.07) is 9.33. The summed E-state index contributed by atoms with van der Waals surface area (Å²) < 4.78 is 14.5. The fourth-order valence-corrected chi connectivity index (χ4v) is 2.10. The van der Waals surface area contributed by atoms with E-state index in [1.165, 1.54) is 38.5 Å². The van der Waals surface area contributed by atoms with Crippen molar-refractivity contribution in [1.82, 2.24) is 0 Å². The number of hydrogen-bond donors (Lipinski definition) is 2. The van der Waals surface area contributed by atoms with Gasteiger partial charge in [-0.1, -0.05) is 0 Å². The molecular formula is C21H25NO7.